The molecular weight excluding hydrogens is 326 g/mol. The highest BCUT2D eigenvalue weighted by Gasteiger charge is 2.08. The first kappa shape index (κ1) is 16.1. The molecule has 7 heteroatoms. The molecule has 2 heterocycles. The second kappa shape index (κ2) is 7.65. The number of hydrogen-bond acceptors (Lipinski definition) is 6. The van der Waals surface area contributed by atoms with Crippen molar-refractivity contribution in [1.29, 1.82) is 0 Å². The van der Waals surface area contributed by atoms with Crippen molar-refractivity contribution in [2.24, 2.45) is 5.10 Å². The molecule has 0 saturated carbocycles. The zero-order chi connectivity index (χ0) is 16.8. The molecule has 0 radical (unpaired) electrons. The summed E-state index contributed by atoms with van der Waals surface area (Å²) < 4.78 is 10.7. The molecule has 1 amide bonds. The summed E-state index contributed by atoms with van der Waals surface area (Å²) in [6.07, 6.45) is 4.98. The van der Waals surface area contributed by atoms with Crippen LogP contribution in [0.1, 0.15) is 12.7 Å². The Labute approximate surface area is 142 Å². The van der Waals surface area contributed by atoms with E-state index < -0.39 is 0 Å². The largest absolute Gasteiger partial charge is 0.465 e. The highest BCUT2D eigenvalue weighted by molar-refractivity contribution is 7.99. The quantitative estimate of drug-likeness (QED) is 0.420. The monoisotopic (exact) mass is 341 g/mol. The number of thioether (sulfide) groups is 1. The van der Waals surface area contributed by atoms with Crippen LogP contribution in [-0.4, -0.2) is 22.9 Å². The number of oxazole rings is 1. The molecule has 122 valence electrons. The summed E-state index contributed by atoms with van der Waals surface area (Å²) in [5.41, 5.74) is 4.80. The number of furan rings is 1. The number of para-hydroxylation sites is 2. The molecule has 0 spiro atoms. The van der Waals surface area contributed by atoms with E-state index >= 15 is 0 Å². The first-order valence-corrected chi connectivity index (χ1v) is 8.21. The number of benzene rings is 1. The predicted octanol–water partition coefficient (Wildman–Crippen LogP) is 3.72. The third kappa shape index (κ3) is 4.36. The number of carbonyl (C=O) groups is 1. The SMILES string of the molecule is CC(/C=N\NC(=O)CSc1nc2ccccc2o1)=C/c1ccco1. The molecule has 3 rings (SSSR count). The van der Waals surface area contributed by atoms with E-state index in [-0.39, 0.29) is 11.7 Å². The molecule has 0 atom stereocenters. The van der Waals surface area contributed by atoms with Gasteiger partial charge in [-0.3, -0.25) is 4.79 Å². The number of hydrazone groups is 1. The van der Waals surface area contributed by atoms with Crippen LogP contribution in [0.2, 0.25) is 0 Å². The second-order valence-corrected chi connectivity index (χ2v) is 5.86. The molecular formula is C17H15N3O3S. The van der Waals surface area contributed by atoms with E-state index in [1.165, 1.54) is 11.8 Å². The molecule has 3 aromatic rings. The van der Waals surface area contributed by atoms with E-state index in [9.17, 15) is 4.79 Å². The molecule has 0 saturated heterocycles. The van der Waals surface area contributed by atoms with E-state index in [1.807, 2.05) is 43.3 Å². The maximum absolute atomic E-state index is 11.8. The number of amides is 1. The maximum atomic E-state index is 11.8. The van der Waals surface area contributed by atoms with Crippen LogP contribution in [0.5, 0.6) is 0 Å². The molecule has 6 nitrogen and oxygen atoms in total. The van der Waals surface area contributed by atoms with Crippen LogP contribution in [0.25, 0.3) is 17.2 Å². The van der Waals surface area contributed by atoms with Crippen LogP contribution in [-0.2, 0) is 4.79 Å². The molecule has 1 aromatic carbocycles. The van der Waals surface area contributed by atoms with Crippen molar-refractivity contribution in [3.63, 3.8) is 0 Å². The summed E-state index contributed by atoms with van der Waals surface area (Å²) in [5.74, 6) is 0.673. The fraction of sp³-hybridized carbons (Fsp3) is 0.118. The number of nitrogens with zero attached hydrogens (tertiary/aromatic N) is 2. The van der Waals surface area contributed by atoms with Gasteiger partial charge in [-0.05, 0) is 42.8 Å². The molecule has 0 aliphatic carbocycles. The molecule has 0 aliphatic rings. The highest BCUT2D eigenvalue weighted by Crippen LogP contribution is 2.22. The first-order valence-electron chi connectivity index (χ1n) is 7.23. The standard InChI is InChI=1S/C17H15N3O3S/c1-12(9-13-5-4-8-22-13)10-18-20-16(21)11-24-17-19-14-6-2-3-7-15(14)23-17/h2-10H,11H2,1H3,(H,20,21)/b12-9-,18-10-. The van der Waals surface area contributed by atoms with Crippen LogP contribution in [0.4, 0.5) is 0 Å². The summed E-state index contributed by atoms with van der Waals surface area (Å²) in [6.45, 7) is 1.87. The lowest BCUT2D eigenvalue weighted by Crippen LogP contribution is -2.19. The Hall–Kier alpha value is -2.80. The van der Waals surface area contributed by atoms with E-state index in [0.29, 0.717) is 10.8 Å². The van der Waals surface area contributed by atoms with Gasteiger partial charge in [-0.15, -0.1) is 0 Å². The molecule has 1 N–H and O–H groups in total. The lowest BCUT2D eigenvalue weighted by atomic mass is 10.3. The number of nitrogens with one attached hydrogen (secondary N) is 1. The zero-order valence-electron chi connectivity index (χ0n) is 12.9. The number of allylic oxidation sites excluding steroid dienone is 1. The maximum Gasteiger partial charge on any atom is 0.257 e. The molecule has 0 aliphatic heterocycles. The van der Waals surface area contributed by atoms with E-state index in [0.717, 1.165) is 16.9 Å². The van der Waals surface area contributed by atoms with Crippen LogP contribution >= 0.6 is 11.8 Å². The highest BCUT2D eigenvalue weighted by atomic mass is 32.2. The van der Waals surface area contributed by atoms with Crippen molar-refractivity contribution in [3.8, 4) is 0 Å². The third-order valence-electron chi connectivity index (χ3n) is 2.97. The molecule has 0 bridgehead atoms. The number of carbonyl (C=O) groups excluding carboxylic acids is 1. The molecule has 2 aromatic heterocycles. The number of hydrogen-bond donors (Lipinski definition) is 1. The van der Waals surface area contributed by atoms with Crippen molar-refractivity contribution in [1.82, 2.24) is 10.4 Å². The third-order valence-corrected chi connectivity index (χ3v) is 3.80. The average molecular weight is 341 g/mol. The Morgan fingerprint density at radius 3 is 3.00 bits per heavy atom. The van der Waals surface area contributed by atoms with Gasteiger partial charge in [0.25, 0.3) is 11.1 Å². The van der Waals surface area contributed by atoms with Gasteiger partial charge in [0.1, 0.15) is 11.3 Å². The van der Waals surface area contributed by atoms with Crippen molar-refractivity contribution in [2.75, 3.05) is 5.75 Å². The van der Waals surface area contributed by atoms with E-state index in [2.05, 4.69) is 15.5 Å². The molecule has 0 unspecified atom stereocenters. The minimum atomic E-state index is -0.232. The van der Waals surface area contributed by atoms with Gasteiger partial charge in [-0.1, -0.05) is 23.9 Å². The second-order valence-electron chi connectivity index (χ2n) is 4.93. The van der Waals surface area contributed by atoms with Gasteiger partial charge in [0.2, 0.25) is 0 Å². The summed E-state index contributed by atoms with van der Waals surface area (Å²) in [6, 6.07) is 11.1. The van der Waals surface area contributed by atoms with Crippen LogP contribution in [0, 0.1) is 0 Å². The average Bonchev–Trinajstić information content (AvgIpc) is 3.21. The van der Waals surface area contributed by atoms with Crippen molar-refractivity contribution in [3.05, 3.63) is 54.0 Å². The van der Waals surface area contributed by atoms with E-state index in [1.54, 1.807) is 18.5 Å². The Morgan fingerprint density at radius 1 is 1.33 bits per heavy atom. The topological polar surface area (TPSA) is 80.6 Å². The smallest absolute Gasteiger partial charge is 0.257 e. The normalized spacial score (nSPS) is 12.1. The van der Waals surface area contributed by atoms with Crippen molar-refractivity contribution >= 4 is 41.1 Å². The van der Waals surface area contributed by atoms with Gasteiger partial charge in [-0.2, -0.15) is 5.10 Å². The van der Waals surface area contributed by atoms with Crippen LogP contribution in [0.3, 0.4) is 0 Å². The predicted molar refractivity (Wildman–Crippen MR) is 93.7 cm³/mol. The lowest BCUT2D eigenvalue weighted by Gasteiger charge is -1.97. The van der Waals surface area contributed by atoms with Crippen LogP contribution < -0.4 is 5.43 Å². The van der Waals surface area contributed by atoms with Crippen molar-refractivity contribution in [2.45, 2.75) is 12.1 Å². The Kier molecular flexibility index (Phi) is 5.12. The van der Waals surface area contributed by atoms with Gasteiger partial charge in [0, 0.05) is 0 Å². The fourth-order valence-corrected chi connectivity index (χ4v) is 2.54. The fourth-order valence-electron chi connectivity index (χ4n) is 1.91. The van der Waals surface area contributed by atoms with Gasteiger partial charge in [-0.25, -0.2) is 10.4 Å². The number of fused-ring (bicyclic) bond motifs is 1. The lowest BCUT2D eigenvalue weighted by molar-refractivity contribution is -0.118. The van der Waals surface area contributed by atoms with Crippen LogP contribution in [0.15, 0.2) is 67.4 Å². The number of rotatable bonds is 6. The zero-order valence-corrected chi connectivity index (χ0v) is 13.7. The van der Waals surface area contributed by atoms with Crippen molar-refractivity contribution < 1.29 is 13.6 Å². The van der Waals surface area contributed by atoms with Gasteiger partial charge in [0.05, 0.1) is 18.2 Å². The number of aromatic nitrogens is 1. The summed E-state index contributed by atoms with van der Waals surface area (Å²) in [4.78, 5) is 16.1. The van der Waals surface area contributed by atoms with E-state index in [4.69, 9.17) is 8.83 Å². The van der Waals surface area contributed by atoms with Gasteiger partial charge in [0.15, 0.2) is 5.58 Å². The minimum Gasteiger partial charge on any atom is -0.465 e. The van der Waals surface area contributed by atoms with Gasteiger partial charge >= 0.3 is 0 Å². The minimum absolute atomic E-state index is 0.172. The summed E-state index contributed by atoms with van der Waals surface area (Å²) in [5, 5.41) is 4.37. The molecule has 0 fully saturated rings. The first-order chi connectivity index (χ1) is 11.7. The van der Waals surface area contributed by atoms with Gasteiger partial charge < -0.3 is 8.83 Å². The summed E-state index contributed by atoms with van der Waals surface area (Å²) >= 11 is 1.22. The summed E-state index contributed by atoms with van der Waals surface area (Å²) in [7, 11) is 0. The molecule has 24 heavy (non-hydrogen) atoms. The Morgan fingerprint density at radius 2 is 2.21 bits per heavy atom. The Bertz CT molecular complexity index is 849. The Balaban J connectivity index is 1.48.